The van der Waals surface area contributed by atoms with Crippen molar-refractivity contribution in [3.05, 3.63) is 53.5 Å². The van der Waals surface area contributed by atoms with Crippen LogP contribution in [-0.2, 0) is 12.2 Å². The third-order valence-electron chi connectivity index (χ3n) is 2.87. The molecule has 0 atom stereocenters. The molecule has 108 valence electrons. The van der Waals surface area contributed by atoms with Crippen molar-refractivity contribution in [2.45, 2.75) is 24.3 Å². The molecule has 1 aromatic carbocycles. The molecule has 3 rings (SSSR count). The third-order valence-corrected chi connectivity index (χ3v) is 3.79. The maximum Gasteiger partial charge on any atom is 0.226 e. The van der Waals surface area contributed by atoms with Gasteiger partial charge < -0.3 is 10.3 Å². The van der Waals surface area contributed by atoms with Gasteiger partial charge >= 0.3 is 0 Å². The number of hydrogen-bond donors (Lipinski definition) is 1. The van der Waals surface area contributed by atoms with Crippen LogP contribution in [-0.4, -0.2) is 25.1 Å². The number of aromatic nitrogens is 5. The van der Waals surface area contributed by atoms with Gasteiger partial charge in [0.15, 0.2) is 0 Å². The van der Waals surface area contributed by atoms with Gasteiger partial charge in [0, 0.05) is 0 Å². The fraction of sp³-hybridized carbons (Fsp3) is 0.231. The summed E-state index contributed by atoms with van der Waals surface area (Å²) < 4.78 is 7.05. The standard InChI is InChI=1S/C13H14N6OS/c1-9-15-18-13(19(9)14)21-8-12-17-16-11(20-12)7-10-5-3-2-4-6-10/h2-6H,7-8,14H2,1H3. The summed E-state index contributed by atoms with van der Waals surface area (Å²) in [5.41, 5.74) is 1.14. The lowest BCUT2D eigenvalue weighted by Gasteiger charge is -1.98. The van der Waals surface area contributed by atoms with Crippen molar-refractivity contribution in [3.8, 4) is 0 Å². The Morgan fingerprint density at radius 1 is 1.10 bits per heavy atom. The molecule has 0 spiro atoms. The Labute approximate surface area is 125 Å². The van der Waals surface area contributed by atoms with Gasteiger partial charge in [-0.1, -0.05) is 42.1 Å². The van der Waals surface area contributed by atoms with E-state index in [0.717, 1.165) is 5.56 Å². The number of nitrogen functional groups attached to an aromatic ring is 1. The van der Waals surface area contributed by atoms with E-state index >= 15 is 0 Å². The summed E-state index contributed by atoms with van der Waals surface area (Å²) in [6.07, 6.45) is 0.630. The third kappa shape index (κ3) is 3.22. The van der Waals surface area contributed by atoms with Crippen LogP contribution in [0.1, 0.15) is 23.2 Å². The van der Waals surface area contributed by atoms with Crippen molar-refractivity contribution in [1.29, 1.82) is 0 Å². The van der Waals surface area contributed by atoms with Gasteiger partial charge in [-0.15, -0.1) is 20.4 Å². The van der Waals surface area contributed by atoms with Gasteiger partial charge in [0.05, 0.1) is 12.2 Å². The molecule has 0 aliphatic carbocycles. The average Bonchev–Trinajstić information content (AvgIpc) is 3.07. The first-order valence-corrected chi connectivity index (χ1v) is 7.36. The number of rotatable bonds is 5. The highest BCUT2D eigenvalue weighted by atomic mass is 32.2. The van der Waals surface area contributed by atoms with E-state index < -0.39 is 0 Å². The second-order valence-electron chi connectivity index (χ2n) is 4.44. The predicted octanol–water partition coefficient (Wildman–Crippen LogP) is 1.57. The molecule has 0 unspecified atom stereocenters. The van der Waals surface area contributed by atoms with Crippen molar-refractivity contribution in [2.24, 2.45) is 0 Å². The van der Waals surface area contributed by atoms with Gasteiger partial charge in [-0.2, -0.15) is 0 Å². The van der Waals surface area contributed by atoms with Gasteiger partial charge in [0.25, 0.3) is 0 Å². The van der Waals surface area contributed by atoms with Crippen LogP contribution in [0.4, 0.5) is 0 Å². The average molecular weight is 302 g/mol. The lowest BCUT2D eigenvalue weighted by atomic mass is 10.2. The second-order valence-corrected chi connectivity index (χ2v) is 5.38. The minimum Gasteiger partial charge on any atom is -0.424 e. The summed E-state index contributed by atoms with van der Waals surface area (Å²) in [6.45, 7) is 1.79. The molecule has 0 fully saturated rings. The van der Waals surface area contributed by atoms with Crippen molar-refractivity contribution in [3.63, 3.8) is 0 Å². The monoisotopic (exact) mass is 302 g/mol. The van der Waals surface area contributed by atoms with E-state index in [0.29, 0.717) is 34.9 Å². The number of aryl methyl sites for hydroxylation is 1. The van der Waals surface area contributed by atoms with Crippen LogP contribution in [0.25, 0.3) is 0 Å². The Balaban J connectivity index is 1.61. The molecule has 0 radical (unpaired) electrons. The quantitative estimate of drug-likeness (QED) is 0.564. The first-order chi connectivity index (χ1) is 10.2. The van der Waals surface area contributed by atoms with Crippen LogP contribution in [0.5, 0.6) is 0 Å². The lowest BCUT2D eigenvalue weighted by Crippen LogP contribution is -2.11. The van der Waals surface area contributed by atoms with E-state index in [1.165, 1.54) is 16.4 Å². The van der Waals surface area contributed by atoms with Gasteiger partial charge in [0.2, 0.25) is 16.9 Å². The molecule has 0 saturated heterocycles. The summed E-state index contributed by atoms with van der Waals surface area (Å²) in [4.78, 5) is 0. The SMILES string of the molecule is Cc1nnc(SCc2nnc(Cc3ccccc3)o2)n1N. The smallest absolute Gasteiger partial charge is 0.226 e. The Hall–Kier alpha value is -2.35. The molecule has 7 nitrogen and oxygen atoms in total. The molecule has 0 amide bonds. The molecule has 0 aliphatic rings. The van der Waals surface area contributed by atoms with E-state index in [1.54, 1.807) is 6.92 Å². The summed E-state index contributed by atoms with van der Waals surface area (Å²) in [7, 11) is 0. The van der Waals surface area contributed by atoms with Crippen LogP contribution < -0.4 is 5.84 Å². The summed E-state index contributed by atoms with van der Waals surface area (Å²) >= 11 is 1.41. The van der Waals surface area contributed by atoms with Crippen molar-refractivity contribution in [1.82, 2.24) is 25.1 Å². The maximum absolute atomic E-state index is 5.78. The molecule has 2 heterocycles. The number of nitrogens with two attached hydrogens (primary N) is 1. The van der Waals surface area contributed by atoms with Crippen molar-refractivity contribution < 1.29 is 4.42 Å². The molecule has 0 bridgehead atoms. The van der Waals surface area contributed by atoms with Crippen LogP contribution in [0.15, 0.2) is 39.9 Å². The van der Waals surface area contributed by atoms with E-state index in [1.807, 2.05) is 30.3 Å². The topological polar surface area (TPSA) is 95.6 Å². The van der Waals surface area contributed by atoms with Crippen LogP contribution in [0, 0.1) is 6.92 Å². The van der Waals surface area contributed by atoms with E-state index in [-0.39, 0.29) is 0 Å². The normalized spacial score (nSPS) is 10.9. The van der Waals surface area contributed by atoms with Crippen molar-refractivity contribution in [2.75, 3.05) is 5.84 Å². The Bertz CT molecular complexity index is 723. The highest BCUT2D eigenvalue weighted by molar-refractivity contribution is 7.98. The summed E-state index contributed by atoms with van der Waals surface area (Å²) in [5.74, 6) is 8.10. The fourth-order valence-electron chi connectivity index (χ4n) is 1.76. The zero-order valence-corrected chi connectivity index (χ0v) is 12.2. The van der Waals surface area contributed by atoms with Crippen LogP contribution in [0.3, 0.4) is 0 Å². The highest BCUT2D eigenvalue weighted by Crippen LogP contribution is 2.20. The van der Waals surface area contributed by atoms with E-state index in [4.69, 9.17) is 10.3 Å². The zero-order chi connectivity index (χ0) is 14.7. The minimum absolute atomic E-state index is 0.511. The largest absolute Gasteiger partial charge is 0.424 e. The minimum atomic E-state index is 0.511. The number of benzene rings is 1. The van der Waals surface area contributed by atoms with Gasteiger partial charge in [-0.25, -0.2) is 4.68 Å². The molecule has 21 heavy (non-hydrogen) atoms. The Morgan fingerprint density at radius 2 is 1.86 bits per heavy atom. The summed E-state index contributed by atoms with van der Waals surface area (Å²) in [6, 6.07) is 10.00. The summed E-state index contributed by atoms with van der Waals surface area (Å²) in [5, 5.41) is 16.6. The maximum atomic E-state index is 5.78. The Morgan fingerprint density at radius 3 is 2.57 bits per heavy atom. The van der Waals surface area contributed by atoms with Gasteiger partial charge in [-0.3, -0.25) is 0 Å². The van der Waals surface area contributed by atoms with Crippen molar-refractivity contribution >= 4 is 11.8 Å². The first-order valence-electron chi connectivity index (χ1n) is 6.37. The first kappa shape index (κ1) is 13.6. The van der Waals surface area contributed by atoms with Crippen LogP contribution >= 0.6 is 11.8 Å². The molecule has 2 N–H and O–H groups in total. The Kier molecular flexibility index (Phi) is 3.87. The van der Waals surface area contributed by atoms with E-state index in [9.17, 15) is 0 Å². The number of nitrogens with zero attached hydrogens (tertiary/aromatic N) is 5. The number of hydrogen-bond acceptors (Lipinski definition) is 7. The fourth-order valence-corrected chi connectivity index (χ4v) is 2.50. The lowest BCUT2D eigenvalue weighted by molar-refractivity contribution is 0.474. The predicted molar refractivity (Wildman–Crippen MR) is 78.0 cm³/mol. The number of thioether (sulfide) groups is 1. The van der Waals surface area contributed by atoms with Gasteiger partial charge in [-0.05, 0) is 12.5 Å². The zero-order valence-electron chi connectivity index (χ0n) is 11.4. The van der Waals surface area contributed by atoms with Crippen LogP contribution in [0.2, 0.25) is 0 Å². The molecule has 0 saturated carbocycles. The van der Waals surface area contributed by atoms with E-state index in [2.05, 4.69) is 20.4 Å². The second kappa shape index (κ2) is 5.96. The molecule has 8 heteroatoms. The molecular formula is C13H14N6OS. The highest BCUT2D eigenvalue weighted by Gasteiger charge is 2.11. The van der Waals surface area contributed by atoms with Gasteiger partial charge in [0.1, 0.15) is 5.82 Å². The molecular weight excluding hydrogens is 288 g/mol. The molecule has 3 aromatic rings. The molecule has 2 aromatic heterocycles. The molecule has 0 aliphatic heterocycles.